The van der Waals surface area contributed by atoms with Crippen LogP contribution in [0.2, 0.25) is 0 Å². The average molecular weight is 480 g/mol. The van der Waals surface area contributed by atoms with Gasteiger partial charge >= 0.3 is 0 Å². The van der Waals surface area contributed by atoms with Crippen LogP contribution in [0.25, 0.3) is 0 Å². The molecule has 0 aliphatic carbocycles. The highest BCUT2D eigenvalue weighted by Crippen LogP contribution is 2.31. The molecule has 168 valence electrons. The normalized spacial score (nSPS) is 15.1. The minimum Gasteiger partial charge on any atom is -0.325 e. The molecule has 3 rings (SSSR count). The molecular weight excluding hydrogens is 463 g/mol. The quantitative estimate of drug-likeness (QED) is 0.290. The van der Waals surface area contributed by atoms with Crippen molar-refractivity contribution in [2.75, 3.05) is 24.2 Å². The Bertz CT molecular complexity index is 1080. The Morgan fingerprint density at radius 3 is 2.13 bits per heavy atom. The van der Waals surface area contributed by atoms with Crippen LogP contribution in [0, 0.1) is 29.1 Å². The predicted molar refractivity (Wildman–Crippen MR) is 105 cm³/mol. The van der Waals surface area contributed by atoms with Gasteiger partial charge in [-0.15, -0.1) is 11.8 Å². The first-order valence-electron chi connectivity index (χ1n) is 9.17. The molecule has 2 aromatic rings. The van der Waals surface area contributed by atoms with Crippen molar-refractivity contribution in [3.8, 4) is 0 Å². The smallest absolute Gasteiger partial charge is 0.243 e. The Hall–Kier alpha value is -2.18. The largest absolute Gasteiger partial charge is 0.325 e. The molecular formula is C19H17F5N2O3S2. The van der Waals surface area contributed by atoms with Gasteiger partial charge in [0.25, 0.3) is 0 Å². The fraction of sp³-hybridized carbons (Fsp3) is 0.316. The summed E-state index contributed by atoms with van der Waals surface area (Å²) in [5.74, 6) is -12.0. The summed E-state index contributed by atoms with van der Waals surface area (Å²) >= 11 is 0.135. The molecule has 2 aromatic carbocycles. The first-order valence-corrected chi connectivity index (χ1v) is 11.6. The molecule has 1 heterocycles. The van der Waals surface area contributed by atoms with Gasteiger partial charge in [-0.25, -0.2) is 30.4 Å². The summed E-state index contributed by atoms with van der Waals surface area (Å²) in [6, 6.07) is 5.45. The maximum absolute atomic E-state index is 13.7. The zero-order chi connectivity index (χ0) is 22.8. The second-order valence-corrected chi connectivity index (χ2v) is 9.65. The lowest BCUT2D eigenvalue weighted by Gasteiger charge is -2.26. The van der Waals surface area contributed by atoms with Gasteiger partial charge in [0.1, 0.15) is 0 Å². The number of halogens is 5. The van der Waals surface area contributed by atoms with Crippen molar-refractivity contribution >= 4 is 33.4 Å². The molecule has 0 saturated carbocycles. The number of carbonyl (C=O) groups excluding carboxylic acids is 1. The monoisotopic (exact) mass is 480 g/mol. The van der Waals surface area contributed by atoms with Crippen LogP contribution in [0.4, 0.5) is 27.6 Å². The minimum absolute atomic E-state index is 0.0281. The first kappa shape index (κ1) is 23.5. The van der Waals surface area contributed by atoms with Crippen molar-refractivity contribution in [2.45, 2.75) is 29.1 Å². The molecule has 0 spiro atoms. The molecule has 1 N–H and O–H groups in total. The third-order valence-corrected chi connectivity index (χ3v) is 7.54. The number of rotatable bonds is 6. The number of nitrogens with zero attached hydrogens (tertiary/aromatic N) is 1. The number of nitrogens with one attached hydrogen (secondary N) is 1. The van der Waals surface area contributed by atoms with Gasteiger partial charge < -0.3 is 5.32 Å². The van der Waals surface area contributed by atoms with Crippen molar-refractivity contribution in [3.05, 3.63) is 53.4 Å². The van der Waals surface area contributed by atoms with E-state index in [0.29, 0.717) is 13.1 Å². The molecule has 0 bridgehead atoms. The van der Waals surface area contributed by atoms with Crippen LogP contribution in [0.1, 0.15) is 19.3 Å². The van der Waals surface area contributed by atoms with E-state index < -0.39 is 55.7 Å². The van der Waals surface area contributed by atoms with Crippen molar-refractivity contribution in [3.63, 3.8) is 0 Å². The number of carbonyl (C=O) groups is 1. The molecule has 1 amide bonds. The lowest BCUT2D eigenvalue weighted by Crippen LogP contribution is -2.35. The maximum atomic E-state index is 13.7. The predicted octanol–water partition coefficient (Wildman–Crippen LogP) is 4.29. The SMILES string of the molecule is O=C(CSc1c(F)c(F)c(F)c(F)c1F)Nc1cccc(S(=O)(=O)N2CCCCC2)c1. The summed E-state index contributed by atoms with van der Waals surface area (Å²) in [6.07, 6.45) is 2.46. The summed E-state index contributed by atoms with van der Waals surface area (Å²) in [5, 5.41) is 2.36. The number of amides is 1. The number of hydrogen-bond donors (Lipinski definition) is 1. The first-order chi connectivity index (χ1) is 14.6. The number of anilines is 1. The third-order valence-electron chi connectivity index (χ3n) is 4.59. The van der Waals surface area contributed by atoms with Crippen LogP contribution < -0.4 is 5.32 Å². The molecule has 0 unspecified atom stereocenters. The number of piperidine rings is 1. The van der Waals surface area contributed by atoms with Crippen molar-refractivity contribution in [2.24, 2.45) is 0 Å². The number of thioether (sulfide) groups is 1. The number of hydrogen-bond acceptors (Lipinski definition) is 4. The molecule has 1 aliphatic heterocycles. The summed E-state index contributed by atoms with van der Waals surface area (Å²) in [7, 11) is -3.74. The van der Waals surface area contributed by atoms with E-state index in [9.17, 15) is 35.2 Å². The number of benzene rings is 2. The van der Waals surface area contributed by atoms with E-state index in [2.05, 4.69) is 5.32 Å². The highest BCUT2D eigenvalue weighted by molar-refractivity contribution is 8.00. The standard InChI is InChI=1S/C19H17F5N2O3S2/c20-14-15(21)17(23)19(18(24)16(14)22)30-10-13(27)25-11-5-4-6-12(9-11)31(28,29)26-7-2-1-3-8-26/h4-6,9H,1-3,7-8,10H2,(H,25,27). The van der Waals surface area contributed by atoms with Gasteiger partial charge in [0, 0.05) is 18.8 Å². The van der Waals surface area contributed by atoms with E-state index in [1.165, 1.54) is 28.6 Å². The third kappa shape index (κ3) is 5.01. The lowest BCUT2D eigenvalue weighted by atomic mass is 10.2. The zero-order valence-electron chi connectivity index (χ0n) is 15.9. The van der Waals surface area contributed by atoms with Crippen LogP contribution in [0.15, 0.2) is 34.1 Å². The molecule has 0 radical (unpaired) electrons. The van der Waals surface area contributed by atoms with Crippen molar-refractivity contribution in [1.29, 1.82) is 0 Å². The summed E-state index contributed by atoms with van der Waals surface area (Å²) in [4.78, 5) is 10.9. The minimum atomic E-state index is -3.74. The van der Waals surface area contributed by atoms with Gasteiger partial charge in [-0.05, 0) is 31.0 Å². The van der Waals surface area contributed by atoms with Gasteiger partial charge in [0.05, 0.1) is 15.5 Å². The zero-order valence-corrected chi connectivity index (χ0v) is 17.6. The van der Waals surface area contributed by atoms with Crippen LogP contribution in [-0.4, -0.2) is 37.5 Å². The van der Waals surface area contributed by atoms with Gasteiger partial charge in [0.2, 0.25) is 21.7 Å². The molecule has 0 atom stereocenters. The Labute approximate surface area is 179 Å². The van der Waals surface area contributed by atoms with E-state index in [1.54, 1.807) is 0 Å². The van der Waals surface area contributed by atoms with E-state index in [4.69, 9.17) is 0 Å². The Balaban J connectivity index is 1.70. The number of sulfonamides is 1. The second kappa shape index (κ2) is 9.53. The maximum Gasteiger partial charge on any atom is 0.243 e. The van der Waals surface area contributed by atoms with E-state index >= 15 is 0 Å². The molecule has 1 saturated heterocycles. The molecule has 12 heteroatoms. The van der Waals surface area contributed by atoms with Crippen LogP contribution in [-0.2, 0) is 14.8 Å². The Morgan fingerprint density at radius 2 is 1.52 bits per heavy atom. The van der Waals surface area contributed by atoms with E-state index in [0.717, 1.165) is 19.3 Å². The van der Waals surface area contributed by atoms with Crippen molar-refractivity contribution < 1.29 is 35.2 Å². The van der Waals surface area contributed by atoms with Gasteiger partial charge in [-0.3, -0.25) is 4.79 Å². The molecule has 1 fully saturated rings. The fourth-order valence-corrected chi connectivity index (χ4v) is 5.38. The summed E-state index contributed by atoms with van der Waals surface area (Å²) in [5.41, 5.74) is 0.112. The molecule has 0 aromatic heterocycles. The van der Waals surface area contributed by atoms with E-state index in [-0.39, 0.29) is 22.3 Å². The van der Waals surface area contributed by atoms with Crippen molar-refractivity contribution in [1.82, 2.24) is 4.31 Å². The van der Waals surface area contributed by atoms with Crippen LogP contribution in [0.3, 0.4) is 0 Å². The summed E-state index contributed by atoms with van der Waals surface area (Å²) in [6.45, 7) is 0.801. The molecule has 1 aliphatic rings. The lowest BCUT2D eigenvalue weighted by molar-refractivity contribution is -0.113. The fourth-order valence-electron chi connectivity index (χ4n) is 3.03. The van der Waals surface area contributed by atoms with Gasteiger partial charge in [-0.2, -0.15) is 4.31 Å². The average Bonchev–Trinajstić information content (AvgIpc) is 2.77. The molecule has 31 heavy (non-hydrogen) atoms. The highest BCUT2D eigenvalue weighted by Gasteiger charge is 2.27. The van der Waals surface area contributed by atoms with Gasteiger partial charge in [-0.1, -0.05) is 12.5 Å². The second-order valence-electron chi connectivity index (χ2n) is 6.73. The van der Waals surface area contributed by atoms with Crippen LogP contribution in [0.5, 0.6) is 0 Å². The Kier molecular flexibility index (Phi) is 7.22. The van der Waals surface area contributed by atoms with E-state index in [1.807, 2.05) is 0 Å². The Morgan fingerprint density at radius 1 is 0.935 bits per heavy atom. The summed E-state index contributed by atoms with van der Waals surface area (Å²) < 4.78 is 93.8. The highest BCUT2D eigenvalue weighted by atomic mass is 32.2. The molecule has 5 nitrogen and oxygen atoms in total. The topological polar surface area (TPSA) is 66.5 Å². The van der Waals surface area contributed by atoms with Crippen LogP contribution >= 0.6 is 11.8 Å². The van der Waals surface area contributed by atoms with Gasteiger partial charge in [0.15, 0.2) is 23.3 Å².